The Kier molecular flexibility index (Phi) is 3.58. The molecule has 18 heavy (non-hydrogen) atoms. The van der Waals surface area contributed by atoms with E-state index in [4.69, 9.17) is 0 Å². The zero-order valence-electron chi connectivity index (χ0n) is 11.9. The Balaban J connectivity index is 2.25. The first-order valence-corrected chi connectivity index (χ1v) is 6.75. The number of carbonyl (C=O) groups excluding carboxylic acids is 1. The van der Waals surface area contributed by atoms with Gasteiger partial charge >= 0.3 is 0 Å². The number of hydrogen-bond acceptors (Lipinski definition) is 2. The number of carbonyl (C=O) groups is 1. The third kappa shape index (κ3) is 2.35. The second-order valence-electron chi connectivity index (χ2n) is 6.04. The predicted molar refractivity (Wildman–Crippen MR) is 75.1 cm³/mol. The summed E-state index contributed by atoms with van der Waals surface area (Å²) in [5.41, 5.74) is 1.73. The summed E-state index contributed by atoms with van der Waals surface area (Å²) in [6.07, 6.45) is 3.87. The summed E-state index contributed by atoms with van der Waals surface area (Å²) in [6, 6.07) is 8.21. The number of ketones is 1. The molecule has 0 spiro atoms. The molecule has 0 aliphatic heterocycles. The molecule has 0 unspecified atom stereocenters. The number of hydrogen-bond donors (Lipinski definition) is 0. The smallest absolute Gasteiger partial charge is 0.182 e. The lowest BCUT2D eigenvalue weighted by Crippen LogP contribution is -2.45. The van der Waals surface area contributed by atoms with Crippen LogP contribution in [0.15, 0.2) is 24.3 Å². The molecule has 2 rings (SSSR count). The Morgan fingerprint density at radius 1 is 1.28 bits per heavy atom. The van der Waals surface area contributed by atoms with Crippen molar-refractivity contribution in [3.05, 3.63) is 35.4 Å². The fraction of sp³-hybridized carbons (Fsp3) is 0.562. The van der Waals surface area contributed by atoms with E-state index in [1.165, 1.54) is 24.8 Å². The zero-order valence-corrected chi connectivity index (χ0v) is 11.9. The lowest BCUT2D eigenvalue weighted by atomic mass is 9.79. The van der Waals surface area contributed by atoms with Crippen molar-refractivity contribution in [3.63, 3.8) is 0 Å². The summed E-state index contributed by atoms with van der Waals surface area (Å²) in [5, 5.41) is 0. The summed E-state index contributed by atoms with van der Waals surface area (Å²) in [5.74, 6) is 0.883. The van der Waals surface area contributed by atoms with Gasteiger partial charge in [-0.2, -0.15) is 0 Å². The second kappa shape index (κ2) is 4.85. The third-order valence-electron chi connectivity index (χ3n) is 4.40. The SMILES string of the molecule is CN(C)C(C)(C)C(=O)c1cccc(C2CCC2)c1. The monoisotopic (exact) mass is 245 g/mol. The molecule has 0 heterocycles. The molecule has 0 bridgehead atoms. The van der Waals surface area contributed by atoms with E-state index in [1.54, 1.807) is 0 Å². The van der Waals surface area contributed by atoms with E-state index in [0.29, 0.717) is 5.92 Å². The van der Waals surface area contributed by atoms with Gasteiger partial charge in [-0.25, -0.2) is 0 Å². The standard InChI is InChI=1S/C16H23NO/c1-16(2,17(3)4)15(18)14-10-6-9-13(11-14)12-7-5-8-12/h6,9-12H,5,7-8H2,1-4H3. The van der Waals surface area contributed by atoms with Gasteiger partial charge in [-0.1, -0.05) is 24.6 Å². The van der Waals surface area contributed by atoms with Crippen molar-refractivity contribution in [2.45, 2.75) is 44.6 Å². The number of Topliss-reactive ketones (excluding diaryl/α,β-unsaturated/α-hetero) is 1. The van der Waals surface area contributed by atoms with Crippen LogP contribution in [0.5, 0.6) is 0 Å². The zero-order chi connectivity index (χ0) is 13.3. The van der Waals surface area contributed by atoms with Gasteiger partial charge in [0.05, 0.1) is 5.54 Å². The van der Waals surface area contributed by atoms with Gasteiger partial charge in [0.15, 0.2) is 5.78 Å². The maximum absolute atomic E-state index is 12.5. The van der Waals surface area contributed by atoms with Gasteiger partial charge in [-0.05, 0) is 58.3 Å². The highest BCUT2D eigenvalue weighted by atomic mass is 16.1. The molecule has 98 valence electrons. The molecule has 1 fully saturated rings. The molecule has 1 saturated carbocycles. The van der Waals surface area contributed by atoms with Gasteiger partial charge in [0.1, 0.15) is 0 Å². The minimum Gasteiger partial charge on any atom is -0.297 e. The fourth-order valence-electron chi connectivity index (χ4n) is 2.23. The summed E-state index contributed by atoms with van der Waals surface area (Å²) >= 11 is 0. The number of rotatable bonds is 4. The van der Waals surface area contributed by atoms with Gasteiger partial charge in [-0.3, -0.25) is 9.69 Å². The van der Waals surface area contributed by atoms with E-state index in [2.05, 4.69) is 12.1 Å². The summed E-state index contributed by atoms with van der Waals surface area (Å²) in [6.45, 7) is 3.96. The van der Waals surface area contributed by atoms with Crippen molar-refractivity contribution < 1.29 is 4.79 Å². The molecule has 0 amide bonds. The maximum Gasteiger partial charge on any atom is 0.182 e. The third-order valence-corrected chi connectivity index (χ3v) is 4.40. The van der Waals surface area contributed by atoms with Gasteiger partial charge in [-0.15, -0.1) is 0 Å². The van der Waals surface area contributed by atoms with Crippen LogP contribution in [0.4, 0.5) is 0 Å². The molecule has 1 aliphatic rings. The topological polar surface area (TPSA) is 20.3 Å². The summed E-state index contributed by atoms with van der Waals surface area (Å²) in [7, 11) is 3.90. The molecular formula is C16H23NO. The highest BCUT2D eigenvalue weighted by Crippen LogP contribution is 2.36. The first kappa shape index (κ1) is 13.3. The fourth-order valence-corrected chi connectivity index (χ4v) is 2.23. The molecule has 1 aromatic carbocycles. The van der Waals surface area contributed by atoms with E-state index in [-0.39, 0.29) is 5.78 Å². The molecule has 2 nitrogen and oxygen atoms in total. The number of likely N-dealkylation sites (N-methyl/N-ethyl adjacent to an activating group) is 1. The van der Waals surface area contributed by atoms with Gasteiger partial charge < -0.3 is 0 Å². The minimum atomic E-state index is -0.446. The van der Waals surface area contributed by atoms with Gasteiger partial charge in [0.2, 0.25) is 0 Å². The van der Waals surface area contributed by atoms with Crippen molar-refractivity contribution in [2.75, 3.05) is 14.1 Å². The van der Waals surface area contributed by atoms with Crippen LogP contribution in [0.1, 0.15) is 54.9 Å². The van der Waals surface area contributed by atoms with Crippen LogP contribution >= 0.6 is 0 Å². The van der Waals surface area contributed by atoms with Gasteiger partial charge in [0.25, 0.3) is 0 Å². The van der Waals surface area contributed by atoms with Gasteiger partial charge in [0, 0.05) is 5.56 Å². The Morgan fingerprint density at radius 2 is 1.94 bits per heavy atom. The number of nitrogens with zero attached hydrogens (tertiary/aromatic N) is 1. The molecule has 1 aliphatic carbocycles. The highest BCUT2D eigenvalue weighted by molar-refractivity contribution is 6.02. The molecule has 0 radical (unpaired) electrons. The lowest BCUT2D eigenvalue weighted by Gasteiger charge is -2.31. The molecule has 0 N–H and O–H groups in total. The van der Waals surface area contributed by atoms with Crippen molar-refractivity contribution in [2.24, 2.45) is 0 Å². The first-order valence-electron chi connectivity index (χ1n) is 6.75. The van der Waals surface area contributed by atoms with Crippen LogP contribution in [0.3, 0.4) is 0 Å². The normalized spacial score (nSPS) is 16.7. The van der Waals surface area contributed by atoms with E-state index in [0.717, 1.165) is 5.56 Å². The van der Waals surface area contributed by atoms with E-state index in [9.17, 15) is 4.79 Å². The Morgan fingerprint density at radius 3 is 2.44 bits per heavy atom. The summed E-state index contributed by atoms with van der Waals surface area (Å²) < 4.78 is 0. The van der Waals surface area contributed by atoms with E-state index < -0.39 is 5.54 Å². The average molecular weight is 245 g/mol. The van der Waals surface area contributed by atoms with E-state index >= 15 is 0 Å². The molecule has 0 atom stereocenters. The molecule has 1 aromatic rings. The highest BCUT2D eigenvalue weighted by Gasteiger charge is 2.31. The Bertz CT molecular complexity index is 444. The van der Waals surface area contributed by atoms with Crippen molar-refractivity contribution in [1.82, 2.24) is 4.90 Å². The quantitative estimate of drug-likeness (QED) is 0.757. The van der Waals surface area contributed by atoms with Crippen LogP contribution in [-0.4, -0.2) is 30.3 Å². The first-order chi connectivity index (χ1) is 8.43. The Hall–Kier alpha value is -1.15. The largest absolute Gasteiger partial charge is 0.297 e. The van der Waals surface area contributed by atoms with Crippen LogP contribution in [-0.2, 0) is 0 Å². The second-order valence-corrected chi connectivity index (χ2v) is 6.04. The van der Waals surface area contributed by atoms with Crippen LogP contribution in [0.2, 0.25) is 0 Å². The lowest BCUT2D eigenvalue weighted by molar-refractivity contribution is 0.0755. The predicted octanol–water partition coefficient (Wildman–Crippen LogP) is 3.48. The Labute approximate surface area is 110 Å². The van der Waals surface area contributed by atoms with Crippen molar-refractivity contribution >= 4 is 5.78 Å². The van der Waals surface area contributed by atoms with Crippen LogP contribution in [0, 0.1) is 0 Å². The molecular weight excluding hydrogens is 222 g/mol. The molecule has 2 heteroatoms. The molecule has 0 saturated heterocycles. The van der Waals surface area contributed by atoms with Crippen molar-refractivity contribution in [3.8, 4) is 0 Å². The maximum atomic E-state index is 12.5. The minimum absolute atomic E-state index is 0.202. The van der Waals surface area contributed by atoms with Crippen molar-refractivity contribution in [1.29, 1.82) is 0 Å². The molecule has 0 aromatic heterocycles. The number of benzene rings is 1. The van der Waals surface area contributed by atoms with Crippen LogP contribution < -0.4 is 0 Å². The average Bonchev–Trinajstić information content (AvgIpc) is 2.26. The van der Waals surface area contributed by atoms with E-state index in [1.807, 2.05) is 45.0 Å². The summed E-state index contributed by atoms with van der Waals surface area (Å²) in [4.78, 5) is 14.5. The van der Waals surface area contributed by atoms with Crippen LogP contribution in [0.25, 0.3) is 0 Å².